The molecule has 1 aliphatic rings. The molecule has 0 aromatic rings. The quantitative estimate of drug-likeness (QED) is 0.614. The molecule has 1 atom stereocenters. The van der Waals surface area contributed by atoms with Crippen molar-refractivity contribution in [1.82, 2.24) is 5.32 Å². The fourth-order valence-corrected chi connectivity index (χ4v) is 2.44. The number of carboxylic acids is 1. The summed E-state index contributed by atoms with van der Waals surface area (Å²) in [6.45, 7) is 3.97. The first-order valence-electron chi connectivity index (χ1n) is 6.69. The van der Waals surface area contributed by atoms with Crippen molar-refractivity contribution in [3.05, 3.63) is 0 Å². The standard InChI is InChI=1S/C13H24N2O3/c1-8(2)7-11(12(16)13(17)18)15-10-5-3-9(14)4-6-10/h8-11,15H,3-7,14H2,1-2H3,(H,17,18)/t9?,10?,11-/m0/s1. The first-order chi connectivity index (χ1) is 8.40. The SMILES string of the molecule is CC(C)C[C@H](NC1CCC(N)CC1)C(=O)C(=O)O. The number of carbonyl (C=O) groups is 2. The molecule has 1 saturated carbocycles. The normalized spacial score (nSPS) is 26.0. The van der Waals surface area contributed by atoms with E-state index in [1.54, 1.807) is 0 Å². The molecule has 0 aromatic heterocycles. The highest BCUT2D eigenvalue weighted by Gasteiger charge is 2.29. The van der Waals surface area contributed by atoms with Crippen LogP contribution in [-0.2, 0) is 9.59 Å². The maximum atomic E-state index is 11.6. The van der Waals surface area contributed by atoms with E-state index in [0.29, 0.717) is 6.42 Å². The van der Waals surface area contributed by atoms with E-state index in [0.717, 1.165) is 25.7 Å². The van der Waals surface area contributed by atoms with Gasteiger partial charge < -0.3 is 16.2 Å². The highest BCUT2D eigenvalue weighted by Crippen LogP contribution is 2.18. The van der Waals surface area contributed by atoms with Gasteiger partial charge in [-0.05, 0) is 38.0 Å². The molecule has 0 heterocycles. The molecule has 5 heteroatoms. The molecular formula is C13H24N2O3. The Labute approximate surface area is 108 Å². The Morgan fingerprint density at radius 2 is 1.83 bits per heavy atom. The number of Topliss-reactive ketones (excluding diaryl/α,β-unsaturated/α-hetero) is 1. The van der Waals surface area contributed by atoms with Gasteiger partial charge >= 0.3 is 5.97 Å². The van der Waals surface area contributed by atoms with Crippen molar-refractivity contribution in [2.24, 2.45) is 11.7 Å². The average Bonchev–Trinajstić information content (AvgIpc) is 2.29. The average molecular weight is 256 g/mol. The summed E-state index contributed by atoms with van der Waals surface area (Å²) in [5.74, 6) is -1.78. The molecule has 104 valence electrons. The molecule has 18 heavy (non-hydrogen) atoms. The molecule has 4 N–H and O–H groups in total. The largest absolute Gasteiger partial charge is 0.475 e. The van der Waals surface area contributed by atoms with Crippen LogP contribution in [0.15, 0.2) is 0 Å². The first-order valence-corrected chi connectivity index (χ1v) is 6.69. The minimum Gasteiger partial charge on any atom is -0.475 e. The van der Waals surface area contributed by atoms with Crippen LogP contribution >= 0.6 is 0 Å². The molecule has 5 nitrogen and oxygen atoms in total. The molecule has 0 aliphatic heterocycles. The van der Waals surface area contributed by atoms with Gasteiger partial charge in [0.05, 0.1) is 6.04 Å². The van der Waals surface area contributed by atoms with Crippen LogP contribution in [0.25, 0.3) is 0 Å². The fraction of sp³-hybridized carbons (Fsp3) is 0.846. The molecule has 0 aromatic carbocycles. The maximum absolute atomic E-state index is 11.6. The van der Waals surface area contributed by atoms with Gasteiger partial charge in [0.1, 0.15) is 0 Å². The van der Waals surface area contributed by atoms with Crippen molar-refractivity contribution in [3.8, 4) is 0 Å². The Bertz CT molecular complexity index is 297. The van der Waals surface area contributed by atoms with E-state index in [-0.39, 0.29) is 18.0 Å². The molecule has 1 aliphatic carbocycles. The summed E-state index contributed by atoms with van der Waals surface area (Å²) in [5.41, 5.74) is 5.83. The van der Waals surface area contributed by atoms with Gasteiger partial charge in [-0.25, -0.2) is 4.79 Å². The zero-order valence-electron chi connectivity index (χ0n) is 11.2. The summed E-state index contributed by atoms with van der Waals surface area (Å²) in [5, 5.41) is 12.0. The number of nitrogens with one attached hydrogen (secondary N) is 1. The number of aliphatic carboxylic acids is 1. The van der Waals surface area contributed by atoms with Crippen molar-refractivity contribution in [1.29, 1.82) is 0 Å². The topological polar surface area (TPSA) is 92.4 Å². The van der Waals surface area contributed by atoms with Crippen LogP contribution in [0.4, 0.5) is 0 Å². The third kappa shape index (κ3) is 4.74. The van der Waals surface area contributed by atoms with Gasteiger partial charge in [-0.1, -0.05) is 13.8 Å². The van der Waals surface area contributed by atoms with Gasteiger partial charge in [0.15, 0.2) is 0 Å². The lowest BCUT2D eigenvalue weighted by molar-refractivity contribution is -0.150. The van der Waals surface area contributed by atoms with Crippen LogP contribution in [0.1, 0.15) is 46.0 Å². The lowest BCUT2D eigenvalue weighted by Gasteiger charge is -2.30. The monoisotopic (exact) mass is 256 g/mol. The van der Waals surface area contributed by atoms with E-state index >= 15 is 0 Å². The summed E-state index contributed by atoms with van der Waals surface area (Å²) >= 11 is 0. The second-order valence-corrected chi connectivity index (χ2v) is 5.63. The van der Waals surface area contributed by atoms with Crippen LogP contribution in [0.3, 0.4) is 0 Å². The Morgan fingerprint density at radius 3 is 2.28 bits per heavy atom. The lowest BCUT2D eigenvalue weighted by atomic mass is 9.90. The van der Waals surface area contributed by atoms with E-state index in [1.807, 2.05) is 13.8 Å². The number of nitrogens with two attached hydrogens (primary N) is 1. The van der Waals surface area contributed by atoms with Gasteiger partial charge in [-0.15, -0.1) is 0 Å². The second kappa shape index (κ2) is 6.85. The molecule has 0 spiro atoms. The molecule has 0 unspecified atom stereocenters. The van der Waals surface area contributed by atoms with Gasteiger partial charge in [0.25, 0.3) is 5.78 Å². The zero-order valence-corrected chi connectivity index (χ0v) is 11.2. The molecule has 1 rings (SSSR count). The Hall–Kier alpha value is -0.940. The third-order valence-electron chi connectivity index (χ3n) is 3.44. The van der Waals surface area contributed by atoms with Crippen molar-refractivity contribution in [2.75, 3.05) is 0 Å². The lowest BCUT2D eigenvalue weighted by Crippen LogP contribution is -2.48. The van der Waals surface area contributed by atoms with E-state index in [1.165, 1.54) is 0 Å². The van der Waals surface area contributed by atoms with Gasteiger partial charge in [-0.3, -0.25) is 4.79 Å². The van der Waals surface area contributed by atoms with Crippen molar-refractivity contribution < 1.29 is 14.7 Å². The van der Waals surface area contributed by atoms with E-state index < -0.39 is 17.8 Å². The van der Waals surface area contributed by atoms with Crippen LogP contribution in [0, 0.1) is 5.92 Å². The second-order valence-electron chi connectivity index (χ2n) is 5.63. The Kier molecular flexibility index (Phi) is 5.75. The minimum atomic E-state index is -1.35. The predicted molar refractivity (Wildman–Crippen MR) is 69.3 cm³/mol. The van der Waals surface area contributed by atoms with Crippen molar-refractivity contribution in [2.45, 2.75) is 64.1 Å². The van der Waals surface area contributed by atoms with Gasteiger partial charge in [0.2, 0.25) is 0 Å². The van der Waals surface area contributed by atoms with Gasteiger partial charge in [0, 0.05) is 12.1 Å². The van der Waals surface area contributed by atoms with Crippen LogP contribution < -0.4 is 11.1 Å². The number of carbonyl (C=O) groups excluding carboxylic acids is 1. The van der Waals surface area contributed by atoms with Crippen molar-refractivity contribution in [3.63, 3.8) is 0 Å². The van der Waals surface area contributed by atoms with Gasteiger partial charge in [-0.2, -0.15) is 0 Å². The fourth-order valence-electron chi connectivity index (χ4n) is 2.44. The van der Waals surface area contributed by atoms with Crippen molar-refractivity contribution >= 4 is 11.8 Å². The minimum absolute atomic E-state index is 0.219. The molecule has 0 bridgehead atoms. The number of rotatable bonds is 6. The first kappa shape index (κ1) is 15.1. The summed E-state index contributed by atoms with van der Waals surface area (Å²) in [4.78, 5) is 22.4. The molecule has 0 amide bonds. The number of hydrogen-bond acceptors (Lipinski definition) is 4. The van der Waals surface area contributed by atoms with Crippen LogP contribution in [0.5, 0.6) is 0 Å². The summed E-state index contributed by atoms with van der Waals surface area (Å²) in [7, 11) is 0. The number of ketones is 1. The molecule has 1 fully saturated rings. The number of carboxylic acid groups (broad SMARTS) is 1. The Morgan fingerprint density at radius 1 is 1.28 bits per heavy atom. The van der Waals surface area contributed by atoms with E-state index in [4.69, 9.17) is 10.8 Å². The van der Waals surface area contributed by atoms with Crippen LogP contribution in [-0.4, -0.2) is 35.0 Å². The van der Waals surface area contributed by atoms with E-state index in [9.17, 15) is 9.59 Å². The molecule has 0 radical (unpaired) electrons. The predicted octanol–water partition coefficient (Wildman–Crippen LogP) is 0.914. The highest BCUT2D eigenvalue weighted by atomic mass is 16.4. The summed E-state index contributed by atoms with van der Waals surface area (Å²) < 4.78 is 0. The van der Waals surface area contributed by atoms with Crippen LogP contribution in [0.2, 0.25) is 0 Å². The highest BCUT2D eigenvalue weighted by molar-refractivity contribution is 6.34. The smallest absolute Gasteiger partial charge is 0.373 e. The zero-order chi connectivity index (χ0) is 13.7. The Balaban J connectivity index is 2.55. The molecular weight excluding hydrogens is 232 g/mol. The maximum Gasteiger partial charge on any atom is 0.373 e. The number of hydrogen-bond donors (Lipinski definition) is 3. The molecule has 0 saturated heterocycles. The summed E-state index contributed by atoms with van der Waals surface area (Å²) in [6, 6.07) is -0.0968. The van der Waals surface area contributed by atoms with E-state index in [2.05, 4.69) is 5.32 Å². The summed E-state index contributed by atoms with van der Waals surface area (Å²) in [6.07, 6.45) is 4.28. The third-order valence-corrected chi connectivity index (χ3v) is 3.44.